The van der Waals surface area contributed by atoms with Gasteiger partial charge in [-0.05, 0) is 117 Å². The summed E-state index contributed by atoms with van der Waals surface area (Å²) in [6, 6.07) is 17.8. The van der Waals surface area contributed by atoms with Crippen LogP contribution in [0.1, 0.15) is 133 Å². The Morgan fingerprint density at radius 1 is 0.741 bits per heavy atom. The van der Waals surface area contributed by atoms with Crippen LogP contribution in [-0.2, 0) is 25.7 Å². The van der Waals surface area contributed by atoms with Crippen molar-refractivity contribution in [3.8, 4) is 0 Å². The van der Waals surface area contributed by atoms with Gasteiger partial charge in [0.25, 0.3) is 5.91 Å². The highest BCUT2D eigenvalue weighted by Gasteiger charge is 2.38. The Balaban J connectivity index is 0.628. The summed E-state index contributed by atoms with van der Waals surface area (Å²) in [4.78, 5) is 90.7. The maximum Gasteiger partial charge on any atom is 0.251 e. The van der Waals surface area contributed by atoms with Crippen LogP contribution < -0.4 is 26.2 Å². The van der Waals surface area contributed by atoms with Gasteiger partial charge in [-0.3, -0.25) is 33.8 Å². The molecular formula is C64H85ClF2N12O6. The predicted octanol–water partition coefficient (Wildman–Crippen LogP) is 5.82. The third-order valence-electron chi connectivity index (χ3n) is 18.7. The van der Waals surface area contributed by atoms with Crippen molar-refractivity contribution in [2.24, 2.45) is 11.8 Å². The topological polar surface area (TPSA) is 199 Å². The minimum absolute atomic E-state index is 0.00491. The molecule has 4 aliphatic heterocycles. The molecule has 18 nitrogen and oxygen atoms in total. The van der Waals surface area contributed by atoms with E-state index in [1.54, 1.807) is 11.0 Å². The summed E-state index contributed by atoms with van der Waals surface area (Å²) in [5.74, 6) is -0.490. The van der Waals surface area contributed by atoms with Crippen molar-refractivity contribution >= 4 is 47.0 Å². The second-order valence-corrected chi connectivity index (χ2v) is 24.9. The van der Waals surface area contributed by atoms with Gasteiger partial charge in [0.15, 0.2) is 0 Å². The normalized spacial score (nSPS) is 21.8. The quantitative estimate of drug-likeness (QED) is 0.0627. The van der Waals surface area contributed by atoms with Crippen molar-refractivity contribution in [3.05, 3.63) is 123 Å². The van der Waals surface area contributed by atoms with Crippen LogP contribution in [0.25, 0.3) is 0 Å². The van der Waals surface area contributed by atoms with Crippen molar-refractivity contribution in [3.63, 3.8) is 0 Å². The van der Waals surface area contributed by atoms with Gasteiger partial charge in [-0.15, -0.1) is 0 Å². The summed E-state index contributed by atoms with van der Waals surface area (Å²) in [7, 11) is 0. The van der Waals surface area contributed by atoms with E-state index in [0.29, 0.717) is 113 Å². The Bertz CT molecular complexity index is 2930. The smallest absolute Gasteiger partial charge is 0.251 e. The van der Waals surface area contributed by atoms with Crippen LogP contribution in [0.5, 0.6) is 0 Å². The molecule has 4 aromatic rings. The Hall–Kier alpha value is -6.16. The molecule has 6 aliphatic rings. The first kappa shape index (κ1) is 61.9. The average Bonchev–Trinajstić information content (AvgIpc) is 3.88. The molecule has 2 aliphatic carbocycles. The second kappa shape index (κ2) is 29.5. The van der Waals surface area contributed by atoms with Crippen molar-refractivity contribution < 1.29 is 37.9 Å². The predicted molar refractivity (Wildman–Crippen MR) is 322 cm³/mol. The van der Waals surface area contributed by atoms with E-state index in [0.717, 1.165) is 119 Å². The molecule has 5 fully saturated rings. The van der Waals surface area contributed by atoms with Crippen LogP contribution in [-0.4, -0.2) is 193 Å². The number of aromatic nitrogens is 2. The number of amides is 5. The number of piperidine rings is 2. The number of rotatable bonds is 21. The molecule has 4 saturated heterocycles. The molecule has 1 saturated carbocycles. The number of piperazine rings is 2. The molecule has 3 aromatic carbocycles. The Morgan fingerprint density at radius 3 is 2.24 bits per heavy atom. The van der Waals surface area contributed by atoms with Crippen molar-refractivity contribution in [2.45, 2.75) is 108 Å². The Labute approximate surface area is 503 Å². The van der Waals surface area contributed by atoms with Gasteiger partial charge < -0.3 is 46.0 Å². The molecule has 5 N–H and O–H groups in total. The van der Waals surface area contributed by atoms with Gasteiger partial charge in [0, 0.05) is 132 Å². The minimum atomic E-state index is -0.654. The summed E-state index contributed by atoms with van der Waals surface area (Å²) in [6.45, 7) is 12.7. The molecular weight excluding hydrogens is 1110 g/mol. The SMILES string of the molecule is C[C@@H]1C[C@@H](O)c2ncnc(N3CCN(C(=O)[C@H](CNCCNC(=O)CN4CCC(CN5CCN(C(=O)[C@H](NC(=O)c6cccc(C7CCCN(C(=O)CNCc8ccc(F)cc8F)C7)c6)C6CCCCC6)CC5)CC4)c4ccc(Cl)cc4)CC3)c21. The molecule has 5 heterocycles. The molecule has 10 rings (SSSR count). The first-order valence-electron chi connectivity index (χ1n) is 31.1. The van der Waals surface area contributed by atoms with E-state index in [9.17, 15) is 37.9 Å². The molecule has 0 radical (unpaired) electrons. The molecule has 1 unspecified atom stereocenters. The van der Waals surface area contributed by atoms with Crippen LogP contribution in [0, 0.1) is 23.5 Å². The summed E-state index contributed by atoms with van der Waals surface area (Å²) >= 11 is 6.25. The number of carbonyl (C=O) groups is 5. The standard InChI is InChI=1S/C64H85ClF2N12O6/c1-43-33-55(80)60-58(43)61(72-42-71-60)76-29-31-77(32-30-76)63(84)53(45-12-15-51(65)16-13-45)37-68-20-21-70-56(81)41-74-23-18-44(19-24-74)39-75-25-27-78(28-26-75)64(85)59(46-7-3-2-4-8-46)73-62(83)48-10-5-9-47(34-48)50-11-6-22-79(40-50)57(82)38-69-36-49-14-17-52(66)35-54(49)67/h5,9-10,12-17,34-35,42-44,46,50,53,55,59,68-69,80H,2-4,6-8,11,18-33,36-41H2,1H3,(H,70,81)(H,73,83)/t43-,50?,53-,55-,59-/m1/s1. The first-order chi connectivity index (χ1) is 41.2. The fourth-order valence-electron chi connectivity index (χ4n) is 13.8. The second-order valence-electron chi connectivity index (χ2n) is 24.5. The number of carbonyl (C=O) groups excluding carboxylic acids is 5. The summed E-state index contributed by atoms with van der Waals surface area (Å²) in [5.41, 5.74) is 4.35. The molecule has 1 aromatic heterocycles. The van der Waals surface area contributed by atoms with Gasteiger partial charge in [-0.2, -0.15) is 0 Å². The largest absolute Gasteiger partial charge is 0.387 e. The number of halogens is 3. The number of likely N-dealkylation sites (tertiary alicyclic amines) is 2. The van der Waals surface area contributed by atoms with E-state index >= 15 is 0 Å². The Morgan fingerprint density at radius 2 is 1.48 bits per heavy atom. The number of hydrogen-bond donors (Lipinski definition) is 5. The van der Waals surface area contributed by atoms with Crippen LogP contribution >= 0.6 is 11.6 Å². The zero-order chi connectivity index (χ0) is 59.4. The van der Waals surface area contributed by atoms with E-state index in [1.807, 2.05) is 52.3 Å². The van der Waals surface area contributed by atoms with Crippen LogP contribution in [0.3, 0.4) is 0 Å². The summed E-state index contributed by atoms with van der Waals surface area (Å²) in [6.07, 6.45) is 10.2. The molecule has 0 bridgehead atoms. The third kappa shape index (κ3) is 16.1. The van der Waals surface area contributed by atoms with Crippen LogP contribution in [0.4, 0.5) is 14.6 Å². The number of nitrogens with zero attached hydrogens (tertiary/aromatic N) is 8. The molecule has 458 valence electrons. The van der Waals surface area contributed by atoms with Crippen molar-refractivity contribution in [2.75, 3.05) is 123 Å². The minimum Gasteiger partial charge on any atom is -0.387 e. The molecule has 0 spiro atoms. The maximum absolute atomic E-state index is 14.5. The molecule has 5 amide bonds. The number of benzene rings is 3. The zero-order valence-electron chi connectivity index (χ0n) is 49.2. The maximum atomic E-state index is 14.5. The number of aliphatic hydroxyl groups excluding tert-OH is 1. The van der Waals surface area contributed by atoms with Gasteiger partial charge in [0.05, 0.1) is 30.8 Å². The highest BCUT2D eigenvalue weighted by atomic mass is 35.5. The van der Waals surface area contributed by atoms with Gasteiger partial charge in [-0.25, -0.2) is 18.7 Å². The molecule has 21 heteroatoms. The molecule has 85 heavy (non-hydrogen) atoms. The summed E-state index contributed by atoms with van der Waals surface area (Å²) < 4.78 is 27.5. The number of nitrogens with one attached hydrogen (secondary N) is 4. The van der Waals surface area contributed by atoms with Gasteiger partial charge >= 0.3 is 0 Å². The van der Waals surface area contributed by atoms with E-state index in [2.05, 4.69) is 52.9 Å². The average molecular weight is 1190 g/mol. The van der Waals surface area contributed by atoms with Crippen LogP contribution in [0.2, 0.25) is 5.02 Å². The van der Waals surface area contributed by atoms with E-state index in [1.165, 1.54) is 18.5 Å². The zero-order valence-corrected chi connectivity index (χ0v) is 49.9. The third-order valence-corrected chi connectivity index (χ3v) is 18.9. The highest BCUT2D eigenvalue weighted by molar-refractivity contribution is 6.30. The Kier molecular flexibility index (Phi) is 21.5. The van der Waals surface area contributed by atoms with E-state index < -0.39 is 29.7 Å². The lowest BCUT2D eigenvalue weighted by Gasteiger charge is -2.40. The monoisotopic (exact) mass is 1190 g/mol. The van der Waals surface area contributed by atoms with E-state index in [-0.39, 0.29) is 60.4 Å². The number of fused-ring (bicyclic) bond motifs is 1. The lowest BCUT2D eigenvalue weighted by molar-refractivity contribution is -0.137. The fourth-order valence-corrected chi connectivity index (χ4v) is 13.9. The summed E-state index contributed by atoms with van der Waals surface area (Å²) in [5, 5.41) is 23.9. The number of hydrogen-bond acceptors (Lipinski definition) is 13. The lowest BCUT2D eigenvalue weighted by Crippen LogP contribution is -2.57. The van der Waals surface area contributed by atoms with Gasteiger partial charge in [0.2, 0.25) is 23.6 Å². The fraction of sp³-hybridized carbons (Fsp3) is 0.578. The van der Waals surface area contributed by atoms with Crippen molar-refractivity contribution in [1.82, 2.24) is 55.7 Å². The molecule has 5 atom stereocenters. The van der Waals surface area contributed by atoms with Crippen molar-refractivity contribution in [1.29, 1.82) is 0 Å². The van der Waals surface area contributed by atoms with Crippen LogP contribution in [0.15, 0.2) is 73.1 Å². The lowest BCUT2D eigenvalue weighted by atomic mass is 9.83. The number of aliphatic hydroxyl groups is 1. The van der Waals surface area contributed by atoms with Gasteiger partial charge in [-0.1, -0.05) is 68.1 Å². The first-order valence-corrected chi connectivity index (χ1v) is 31.5. The highest BCUT2D eigenvalue weighted by Crippen LogP contribution is 2.43. The van der Waals surface area contributed by atoms with Gasteiger partial charge in [0.1, 0.15) is 29.8 Å². The number of anilines is 1. The van der Waals surface area contributed by atoms with E-state index in [4.69, 9.17) is 11.6 Å².